The molecule has 1 heterocycles. The summed E-state index contributed by atoms with van der Waals surface area (Å²) in [5, 5.41) is 0. The van der Waals surface area contributed by atoms with Gasteiger partial charge in [0, 0.05) is 6.20 Å². The van der Waals surface area contributed by atoms with E-state index in [1.807, 2.05) is 18.2 Å². The second-order valence-corrected chi connectivity index (χ2v) is 3.79. The third-order valence-electron chi connectivity index (χ3n) is 2.40. The summed E-state index contributed by atoms with van der Waals surface area (Å²) in [5.74, 6) is 0.219. The lowest BCUT2D eigenvalue weighted by Gasteiger charge is -2.07. The molecule has 0 radical (unpaired) electrons. The van der Waals surface area contributed by atoms with Crippen LogP contribution >= 0.6 is 0 Å². The molecular formula is C14H14N2O3. The molecule has 0 spiro atoms. The zero-order valence-corrected chi connectivity index (χ0v) is 10.8. The summed E-state index contributed by atoms with van der Waals surface area (Å²) >= 11 is 0. The molecule has 0 aliphatic rings. The van der Waals surface area contributed by atoms with E-state index < -0.39 is 5.97 Å². The Morgan fingerprint density at radius 2 is 2.00 bits per heavy atom. The van der Waals surface area contributed by atoms with Crippen LogP contribution in [0.4, 0.5) is 0 Å². The van der Waals surface area contributed by atoms with Gasteiger partial charge in [-0.15, -0.1) is 0 Å². The van der Waals surface area contributed by atoms with Gasteiger partial charge < -0.3 is 9.47 Å². The van der Waals surface area contributed by atoms with E-state index in [0.717, 1.165) is 0 Å². The van der Waals surface area contributed by atoms with Gasteiger partial charge in [0.15, 0.2) is 0 Å². The van der Waals surface area contributed by atoms with Gasteiger partial charge in [0.25, 0.3) is 0 Å². The van der Waals surface area contributed by atoms with Crippen LogP contribution in [-0.2, 0) is 4.74 Å². The van der Waals surface area contributed by atoms with Crippen molar-refractivity contribution in [1.29, 1.82) is 0 Å². The lowest BCUT2D eigenvalue weighted by molar-refractivity contribution is 0.0524. The fraction of sp³-hybridized carbons (Fsp3) is 0.214. The molecule has 1 aromatic carbocycles. The average molecular weight is 258 g/mol. The standard InChI is InChI=1S/C14H14N2O3/c1-3-18-13(17)12-9-15-14(16-10(12)2)19-11-7-5-4-6-8-11/h4-9H,3H2,1-2H3. The van der Waals surface area contributed by atoms with Crippen molar-refractivity contribution in [2.24, 2.45) is 0 Å². The van der Waals surface area contributed by atoms with E-state index in [1.54, 1.807) is 26.0 Å². The van der Waals surface area contributed by atoms with Crippen molar-refractivity contribution in [2.45, 2.75) is 13.8 Å². The summed E-state index contributed by atoms with van der Waals surface area (Å²) in [5.41, 5.74) is 0.877. The Labute approximate surface area is 111 Å². The van der Waals surface area contributed by atoms with Crippen LogP contribution in [0, 0.1) is 6.92 Å². The normalized spacial score (nSPS) is 10.0. The van der Waals surface area contributed by atoms with Crippen LogP contribution in [0.3, 0.4) is 0 Å². The third kappa shape index (κ3) is 3.28. The van der Waals surface area contributed by atoms with Crippen molar-refractivity contribution in [3.8, 4) is 11.8 Å². The van der Waals surface area contributed by atoms with Gasteiger partial charge in [-0.05, 0) is 26.0 Å². The Kier molecular flexibility index (Phi) is 4.07. The van der Waals surface area contributed by atoms with Crippen LogP contribution in [0.15, 0.2) is 36.5 Å². The van der Waals surface area contributed by atoms with Gasteiger partial charge in [-0.3, -0.25) is 0 Å². The van der Waals surface area contributed by atoms with E-state index in [4.69, 9.17) is 9.47 Å². The zero-order valence-electron chi connectivity index (χ0n) is 10.8. The minimum Gasteiger partial charge on any atom is -0.462 e. The van der Waals surface area contributed by atoms with Crippen LogP contribution in [0.2, 0.25) is 0 Å². The predicted molar refractivity (Wildman–Crippen MR) is 69.2 cm³/mol. The summed E-state index contributed by atoms with van der Waals surface area (Å²) in [6, 6.07) is 9.42. The second-order valence-electron chi connectivity index (χ2n) is 3.79. The summed E-state index contributed by atoms with van der Waals surface area (Å²) in [6.45, 7) is 3.79. The van der Waals surface area contributed by atoms with E-state index in [9.17, 15) is 4.79 Å². The molecule has 0 fully saturated rings. The monoisotopic (exact) mass is 258 g/mol. The van der Waals surface area contributed by atoms with E-state index in [-0.39, 0.29) is 6.01 Å². The molecule has 0 atom stereocenters. The largest absolute Gasteiger partial charge is 0.462 e. The number of carbonyl (C=O) groups excluding carboxylic acids is 1. The molecule has 0 aliphatic carbocycles. The number of ether oxygens (including phenoxy) is 2. The zero-order chi connectivity index (χ0) is 13.7. The van der Waals surface area contributed by atoms with Crippen LogP contribution in [-0.4, -0.2) is 22.5 Å². The number of aryl methyl sites for hydroxylation is 1. The van der Waals surface area contributed by atoms with Crippen LogP contribution in [0.5, 0.6) is 11.8 Å². The number of benzene rings is 1. The fourth-order valence-electron chi connectivity index (χ4n) is 1.50. The molecule has 0 unspecified atom stereocenters. The quantitative estimate of drug-likeness (QED) is 0.789. The Hall–Kier alpha value is -2.43. The fourth-order valence-corrected chi connectivity index (χ4v) is 1.50. The summed E-state index contributed by atoms with van der Waals surface area (Å²) in [4.78, 5) is 19.7. The highest BCUT2D eigenvalue weighted by atomic mass is 16.5. The van der Waals surface area contributed by atoms with Gasteiger partial charge in [-0.25, -0.2) is 9.78 Å². The van der Waals surface area contributed by atoms with Crippen molar-refractivity contribution >= 4 is 5.97 Å². The van der Waals surface area contributed by atoms with E-state index >= 15 is 0 Å². The molecule has 98 valence electrons. The Balaban J connectivity index is 2.17. The highest BCUT2D eigenvalue weighted by molar-refractivity contribution is 5.90. The van der Waals surface area contributed by atoms with E-state index in [1.165, 1.54) is 6.20 Å². The molecule has 0 saturated carbocycles. The van der Waals surface area contributed by atoms with Crippen LogP contribution < -0.4 is 4.74 Å². The van der Waals surface area contributed by atoms with Gasteiger partial charge in [-0.2, -0.15) is 4.98 Å². The molecule has 0 bridgehead atoms. The predicted octanol–water partition coefficient (Wildman–Crippen LogP) is 2.75. The number of hydrogen-bond acceptors (Lipinski definition) is 5. The number of para-hydroxylation sites is 1. The number of hydrogen-bond donors (Lipinski definition) is 0. The van der Waals surface area contributed by atoms with Gasteiger partial charge in [0.1, 0.15) is 5.75 Å². The van der Waals surface area contributed by atoms with Crippen LogP contribution in [0.25, 0.3) is 0 Å². The van der Waals surface area contributed by atoms with E-state index in [0.29, 0.717) is 23.6 Å². The molecule has 0 N–H and O–H groups in total. The number of rotatable bonds is 4. The first-order chi connectivity index (χ1) is 9.20. The summed E-state index contributed by atoms with van der Waals surface area (Å²) < 4.78 is 10.4. The van der Waals surface area contributed by atoms with Crippen molar-refractivity contribution in [1.82, 2.24) is 9.97 Å². The molecular weight excluding hydrogens is 244 g/mol. The first-order valence-electron chi connectivity index (χ1n) is 5.94. The molecule has 0 amide bonds. The number of aromatic nitrogens is 2. The van der Waals surface area contributed by atoms with Crippen molar-refractivity contribution in [2.75, 3.05) is 6.61 Å². The molecule has 5 nitrogen and oxygen atoms in total. The summed E-state index contributed by atoms with van der Waals surface area (Å²) in [7, 11) is 0. The first-order valence-corrected chi connectivity index (χ1v) is 5.94. The SMILES string of the molecule is CCOC(=O)c1cnc(Oc2ccccc2)nc1C. The van der Waals surface area contributed by atoms with Gasteiger partial charge >= 0.3 is 12.0 Å². The number of nitrogens with zero attached hydrogens (tertiary/aromatic N) is 2. The lowest BCUT2D eigenvalue weighted by atomic mass is 10.2. The summed E-state index contributed by atoms with van der Waals surface area (Å²) in [6.07, 6.45) is 1.42. The van der Waals surface area contributed by atoms with Gasteiger partial charge in [0.05, 0.1) is 17.9 Å². The van der Waals surface area contributed by atoms with Crippen molar-refractivity contribution in [3.63, 3.8) is 0 Å². The lowest BCUT2D eigenvalue weighted by Crippen LogP contribution is -2.09. The Morgan fingerprint density at radius 3 is 2.63 bits per heavy atom. The molecule has 5 heteroatoms. The van der Waals surface area contributed by atoms with E-state index in [2.05, 4.69) is 9.97 Å². The molecule has 19 heavy (non-hydrogen) atoms. The highest BCUT2D eigenvalue weighted by Gasteiger charge is 2.13. The Bertz CT molecular complexity index is 570. The average Bonchev–Trinajstić information content (AvgIpc) is 2.40. The Morgan fingerprint density at radius 1 is 1.26 bits per heavy atom. The minimum atomic E-state index is -0.425. The maximum atomic E-state index is 11.6. The molecule has 0 saturated heterocycles. The van der Waals surface area contributed by atoms with Crippen molar-refractivity contribution < 1.29 is 14.3 Å². The second kappa shape index (κ2) is 5.95. The number of carbonyl (C=O) groups is 1. The highest BCUT2D eigenvalue weighted by Crippen LogP contribution is 2.18. The maximum Gasteiger partial charge on any atom is 0.341 e. The topological polar surface area (TPSA) is 61.3 Å². The molecule has 1 aromatic heterocycles. The maximum absolute atomic E-state index is 11.6. The minimum absolute atomic E-state index is 0.205. The molecule has 0 aliphatic heterocycles. The molecule has 2 aromatic rings. The van der Waals surface area contributed by atoms with Crippen LogP contribution in [0.1, 0.15) is 23.0 Å². The smallest absolute Gasteiger partial charge is 0.341 e. The number of esters is 1. The van der Waals surface area contributed by atoms with Crippen molar-refractivity contribution in [3.05, 3.63) is 47.8 Å². The third-order valence-corrected chi connectivity index (χ3v) is 2.40. The van der Waals surface area contributed by atoms with Gasteiger partial charge in [0.2, 0.25) is 0 Å². The van der Waals surface area contributed by atoms with Gasteiger partial charge in [-0.1, -0.05) is 18.2 Å². The first kappa shape index (κ1) is 13.0. The molecule has 2 rings (SSSR count).